The minimum absolute atomic E-state index is 0.749. The van der Waals surface area contributed by atoms with Gasteiger partial charge < -0.3 is 10.2 Å². The van der Waals surface area contributed by atoms with Crippen LogP contribution in [-0.2, 0) is 0 Å². The Hall–Kier alpha value is -0.0800. The van der Waals surface area contributed by atoms with Crippen molar-refractivity contribution in [2.75, 3.05) is 26.7 Å². The molecule has 0 aliphatic rings. The van der Waals surface area contributed by atoms with Crippen molar-refractivity contribution in [3.63, 3.8) is 0 Å². The first-order chi connectivity index (χ1) is 6.72. The lowest BCUT2D eigenvalue weighted by molar-refractivity contribution is 0.240. The number of nitrogens with one attached hydrogen (secondary N) is 1. The Morgan fingerprint density at radius 1 is 1.21 bits per heavy atom. The van der Waals surface area contributed by atoms with E-state index in [4.69, 9.17) is 0 Å². The third-order valence-electron chi connectivity index (χ3n) is 2.82. The summed E-state index contributed by atoms with van der Waals surface area (Å²) in [7, 11) is 2.24. The summed E-state index contributed by atoms with van der Waals surface area (Å²) in [5, 5.41) is 3.36. The summed E-state index contributed by atoms with van der Waals surface area (Å²) in [6.45, 7) is 10.3. The Balaban J connectivity index is 3.29. The molecule has 0 aromatic rings. The Labute approximate surface area is 90.1 Å². The van der Waals surface area contributed by atoms with E-state index in [1.807, 2.05) is 0 Å². The second-order valence-electron chi connectivity index (χ2n) is 4.18. The zero-order chi connectivity index (χ0) is 10.8. The molecule has 1 unspecified atom stereocenters. The highest BCUT2D eigenvalue weighted by molar-refractivity contribution is 4.62. The average molecular weight is 200 g/mol. The SMILES string of the molecule is CCCC(C)N(C)CCCCNCC. The van der Waals surface area contributed by atoms with E-state index in [0.717, 1.165) is 12.6 Å². The fourth-order valence-corrected chi connectivity index (χ4v) is 1.65. The zero-order valence-electron chi connectivity index (χ0n) is 10.5. The smallest absolute Gasteiger partial charge is 0.00637 e. The van der Waals surface area contributed by atoms with Gasteiger partial charge in [-0.3, -0.25) is 0 Å². The van der Waals surface area contributed by atoms with Crippen molar-refractivity contribution in [3.8, 4) is 0 Å². The van der Waals surface area contributed by atoms with Crippen molar-refractivity contribution in [3.05, 3.63) is 0 Å². The first-order valence-electron chi connectivity index (χ1n) is 6.13. The molecule has 0 rings (SSSR count). The molecule has 2 nitrogen and oxygen atoms in total. The normalized spacial score (nSPS) is 13.5. The molecule has 0 radical (unpaired) electrons. The molecule has 1 N–H and O–H groups in total. The van der Waals surface area contributed by atoms with Crippen LogP contribution in [-0.4, -0.2) is 37.6 Å². The molecule has 0 aromatic heterocycles. The molecule has 0 spiro atoms. The minimum Gasteiger partial charge on any atom is -0.317 e. The van der Waals surface area contributed by atoms with Crippen LogP contribution in [0, 0.1) is 0 Å². The summed E-state index contributed by atoms with van der Waals surface area (Å²) in [6, 6.07) is 0.749. The number of nitrogens with zero attached hydrogens (tertiary/aromatic N) is 1. The van der Waals surface area contributed by atoms with Gasteiger partial charge in [-0.2, -0.15) is 0 Å². The van der Waals surface area contributed by atoms with E-state index >= 15 is 0 Å². The maximum absolute atomic E-state index is 3.36. The van der Waals surface area contributed by atoms with Crippen LogP contribution in [0.1, 0.15) is 46.5 Å². The fraction of sp³-hybridized carbons (Fsp3) is 1.00. The lowest BCUT2D eigenvalue weighted by Crippen LogP contribution is -2.30. The minimum atomic E-state index is 0.749. The molecule has 0 saturated carbocycles. The Kier molecular flexibility index (Phi) is 9.42. The van der Waals surface area contributed by atoms with Gasteiger partial charge in [0.25, 0.3) is 0 Å². The van der Waals surface area contributed by atoms with Crippen molar-refractivity contribution >= 4 is 0 Å². The first-order valence-corrected chi connectivity index (χ1v) is 6.13. The van der Waals surface area contributed by atoms with Crippen LogP contribution in [0.5, 0.6) is 0 Å². The molecule has 0 fully saturated rings. The van der Waals surface area contributed by atoms with Crippen molar-refractivity contribution in [2.45, 2.75) is 52.5 Å². The zero-order valence-corrected chi connectivity index (χ0v) is 10.5. The van der Waals surface area contributed by atoms with E-state index in [1.54, 1.807) is 0 Å². The highest BCUT2D eigenvalue weighted by Gasteiger charge is 2.06. The molecule has 1 atom stereocenters. The van der Waals surface area contributed by atoms with Gasteiger partial charge in [0, 0.05) is 6.04 Å². The van der Waals surface area contributed by atoms with E-state index < -0.39 is 0 Å². The van der Waals surface area contributed by atoms with Gasteiger partial charge in [-0.05, 0) is 52.9 Å². The van der Waals surface area contributed by atoms with Crippen LogP contribution in [0.25, 0.3) is 0 Å². The number of hydrogen-bond donors (Lipinski definition) is 1. The van der Waals surface area contributed by atoms with Crippen LogP contribution in [0.2, 0.25) is 0 Å². The molecule has 0 amide bonds. The van der Waals surface area contributed by atoms with Gasteiger partial charge in [0.05, 0.1) is 0 Å². The van der Waals surface area contributed by atoms with Crippen LogP contribution in [0.15, 0.2) is 0 Å². The van der Waals surface area contributed by atoms with Crippen LogP contribution in [0.4, 0.5) is 0 Å². The molecular formula is C12H28N2. The number of hydrogen-bond acceptors (Lipinski definition) is 2. The van der Waals surface area contributed by atoms with Crippen LogP contribution in [0.3, 0.4) is 0 Å². The Morgan fingerprint density at radius 2 is 1.93 bits per heavy atom. The topological polar surface area (TPSA) is 15.3 Å². The lowest BCUT2D eigenvalue weighted by atomic mass is 10.1. The maximum atomic E-state index is 3.36. The summed E-state index contributed by atoms with van der Waals surface area (Å²) in [5.74, 6) is 0. The second kappa shape index (κ2) is 9.47. The molecule has 0 bridgehead atoms. The first kappa shape index (κ1) is 13.9. The van der Waals surface area contributed by atoms with Gasteiger partial charge in [-0.25, -0.2) is 0 Å². The van der Waals surface area contributed by atoms with Gasteiger partial charge >= 0.3 is 0 Å². The molecule has 2 heteroatoms. The molecule has 14 heavy (non-hydrogen) atoms. The lowest BCUT2D eigenvalue weighted by Gasteiger charge is -2.24. The highest BCUT2D eigenvalue weighted by Crippen LogP contribution is 2.04. The van der Waals surface area contributed by atoms with Gasteiger partial charge in [-0.15, -0.1) is 0 Å². The van der Waals surface area contributed by atoms with E-state index in [1.165, 1.54) is 38.8 Å². The van der Waals surface area contributed by atoms with Crippen molar-refractivity contribution < 1.29 is 0 Å². The van der Waals surface area contributed by atoms with E-state index in [0.29, 0.717) is 0 Å². The molecule has 0 saturated heterocycles. The largest absolute Gasteiger partial charge is 0.317 e. The van der Waals surface area contributed by atoms with Crippen molar-refractivity contribution in [2.24, 2.45) is 0 Å². The van der Waals surface area contributed by atoms with E-state index in [-0.39, 0.29) is 0 Å². The van der Waals surface area contributed by atoms with Gasteiger partial charge in [-0.1, -0.05) is 20.3 Å². The van der Waals surface area contributed by atoms with Crippen molar-refractivity contribution in [1.82, 2.24) is 10.2 Å². The van der Waals surface area contributed by atoms with Gasteiger partial charge in [0.15, 0.2) is 0 Å². The Bertz CT molecular complexity index is 115. The third-order valence-corrected chi connectivity index (χ3v) is 2.82. The summed E-state index contributed by atoms with van der Waals surface area (Å²) >= 11 is 0. The van der Waals surface area contributed by atoms with Crippen LogP contribution < -0.4 is 5.32 Å². The van der Waals surface area contributed by atoms with Gasteiger partial charge in [0.1, 0.15) is 0 Å². The molecule has 0 aliphatic carbocycles. The standard InChI is InChI=1S/C12H28N2/c1-5-9-12(3)14(4)11-8-7-10-13-6-2/h12-13H,5-11H2,1-4H3. The van der Waals surface area contributed by atoms with E-state index in [2.05, 4.69) is 38.0 Å². The molecule has 0 aromatic carbocycles. The molecular weight excluding hydrogens is 172 g/mol. The molecule has 0 heterocycles. The number of unbranched alkanes of at least 4 members (excludes halogenated alkanes) is 1. The highest BCUT2D eigenvalue weighted by atomic mass is 15.1. The fourth-order valence-electron chi connectivity index (χ4n) is 1.65. The predicted octanol–water partition coefficient (Wildman–Crippen LogP) is 2.50. The monoisotopic (exact) mass is 200 g/mol. The molecule has 0 aliphatic heterocycles. The second-order valence-corrected chi connectivity index (χ2v) is 4.18. The van der Waals surface area contributed by atoms with E-state index in [9.17, 15) is 0 Å². The molecule has 86 valence electrons. The summed E-state index contributed by atoms with van der Waals surface area (Å²) in [5.41, 5.74) is 0. The quantitative estimate of drug-likeness (QED) is 0.575. The number of rotatable bonds is 9. The average Bonchev–Trinajstić information content (AvgIpc) is 2.17. The summed E-state index contributed by atoms with van der Waals surface area (Å²) < 4.78 is 0. The third kappa shape index (κ3) is 7.34. The summed E-state index contributed by atoms with van der Waals surface area (Å²) in [4.78, 5) is 2.48. The van der Waals surface area contributed by atoms with Crippen molar-refractivity contribution in [1.29, 1.82) is 0 Å². The van der Waals surface area contributed by atoms with Gasteiger partial charge in [0.2, 0.25) is 0 Å². The maximum Gasteiger partial charge on any atom is 0.00637 e. The summed E-state index contributed by atoms with van der Waals surface area (Å²) in [6.07, 6.45) is 5.24. The van der Waals surface area contributed by atoms with Crippen LogP contribution >= 0.6 is 0 Å². The Morgan fingerprint density at radius 3 is 2.50 bits per heavy atom. The predicted molar refractivity (Wildman–Crippen MR) is 64.8 cm³/mol.